The van der Waals surface area contributed by atoms with E-state index in [1.165, 1.54) is 7.11 Å². The SMILES string of the molecule is COC(=O)c1ccc(CN2CC(c3nc(-c4cccnc4)no3)C2)o1. The molecule has 128 valence electrons. The lowest BCUT2D eigenvalue weighted by Crippen LogP contribution is -2.44. The van der Waals surface area contributed by atoms with Gasteiger partial charge in [0.15, 0.2) is 0 Å². The van der Waals surface area contributed by atoms with Crippen molar-refractivity contribution in [3.8, 4) is 11.4 Å². The van der Waals surface area contributed by atoms with Gasteiger partial charge in [-0.1, -0.05) is 5.16 Å². The van der Waals surface area contributed by atoms with E-state index < -0.39 is 5.97 Å². The number of aromatic nitrogens is 3. The highest BCUT2D eigenvalue weighted by Crippen LogP contribution is 2.29. The molecule has 4 heterocycles. The molecule has 3 aromatic heterocycles. The number of carbonyl (C=O) groups excluding carboxylic acids is 1. The maximum atomic E-state index is 11.4. The molecule has 0 unspecified atom stereocenters. The van der Waals surface area contributed by atoms with E-state index >= 15 is 0 Å². The zero-order valence-corrected chi connectivity index (χ0v) is 13.6. The van der Waals surface area contributed by atoms with Crippen LogP contribution in [-0.4, -0.2) is 46.2 Å². The summed E-state index contributed by atoms with van der Waals surface area (Å²) in [5, 5.41) is 4.02. The molecule has 0 atom stereocenters. The van der Waals surface area contributed by atoms with E-state index in [-0.39, 0.29) is 11.7 Å². The summed E-state index contributed by atoms with van der Waals surface area (Å²) >= 11 is 0. The van der Waals surface area contributed by atoms with E-state index in [4.69, 9.17) is 8.94 Å². The third-order valence-electron chi connectivity index (χ3n) is 4.10. The van der Waals surface area contributed by atoms with E-state index in [1.54, 1.807) is 24.5 Å². The first-order chi connectivity index (χ1) is 12.2. The average molecular weight is 340 g/mol. The van der Waals surface area contributed by atoms with Gasteiger partial charge in [-0.3, -0.25) is 9.88 Å². The lowest BCUT2D eigenvalue weighted by atomic mass is 10.00. The van der Waals surface area contributed by atoms with Crippen LogP contribution in [0.2, 0.25) is 0 Å². The minimum absolute atomic E-state index is 0.202. The number of ether oxygens (including phenoxy) is 1. The molecule has 1 aliphatic heterocycles. The second-order valence-corrected chi connectivity index (χ2v) is 5.85. The predicted molar refractivity (Wildman–Crippen MR) is 85.6 cm³/mol. The second kappa shape index (κ2) is 6.48. The van der Waals surface area contributed by atoms with Crippen LogP contribution in [0.5, 0.6) is 0 Å². The van der Waals surface area contributed by atoms with Gasteiger partial charge in [0.1, 0.15) is 5.76 Å². The minimum Gasteiger partial charge on any atom is -0.463 e. The highest BCUT2D eigenvalue weighted by atomic mass is 16.5. The maximum Gasteiger partial charge on any atom is 0.373 e. The Morgan fingerprint density at radius 2 is 2.24 bits per heavy atom. The first kappa shape index (κ1) is 15.5. The molecule has 8 heteroatoms. The van der Waals surface area contributed by atoms with Gasteiger partial charge in [0.25, 0.3) is 0 Å². The maximum absolute atomic E-state index is 11.4. The molecular weight excluding hydrogens is 324 g/mol. The minimum atomic E-state index is -0.471. The number of likely N-dealkylation sites (tertiary alicyclic amines) is 1. The van der Waals surface area contributed by atoms with Crippen molar-refractivity contribution in [1.82, 2.24) is 20.0 Å². The topological polar surface area (TPSA) is 94.5 Å². The molecule has 25 heavy (non-hydrogen) atoms. The Bertz CT molecular complexity index is 868. The Morgan fingerprint density at radius 1 is 1.36 bits per heavy atom. The van der Waals surface area contributed by atoms with Crippen molar-refractivity contribution in [2.45, 2.75) is 12.5 Å². The molecule has 0 radical (unpaired) electrons. The molecule has 0 bridgehead atoms. The molecule has 0 saturated carbocycles. The summed E-state index contributed by atoms with van der Waals surface area (Å²) in [4.78, 5) is 22.1. The number of nitrogens with zero attached hydrogens (tertiary/aromatic N) is 4. The Morgan fingerprint density at radius 3 is 3.00 bits per heavy atom. The third kappa shape index (κ3) is 3.16. The summed E-state index contributed by atoms with van der Waals surface area (Å²) < 4.78 is 15.5. The number of furan rings is 1. The van der Waals surface area contributed by atoms with Gasteiger partial charge in [0.2, 0.25) is 17.5 Å². The van der Waals surface area contributed by atoms with Crippen LogP contribution >= 0.6 is 0 Å². The van der Waals surface area contributed by atoms with Crippen LogP contribution in [0.25, 0.3) is 11.4 Å². The van der Waals surface area contributed by atoms with Crippen LogP contribution < -0.4 is 0 Å². The predicted octanol–water partition coefficient (Wildman–Crippen LogP) is 2.11. The van der Waals surface area contributed by atoms with E-state index in [1.807, 2.05) is 12.1 Å². The smallest absolute Gasteiger partial charge is 0.373 e. The number of methoxy groups -OCH3 is 1. The number of rotatable bonds is 5. The van der Waals surface area contributed by atoms with Gasteiger partial charge in [0, 0.05) is 31.0 Å². The Hall–Kier alpha value is -3.00. The van der Waals surface area contributed by atoms with Crippen LogP contribution in [-0.2, 0) is 11.3 Å². The highest BCUT2D eigenvalue weighted by molar-refractivity contribution is 5.86. The van der Waals surface area contributed by atoms with Gasteiger partial charge >= 0.3 is 5.97 Å². The van der Waals surface area contributed by atoms with Gasteiger partial charge in [-0.2, -0.15) is 4.98 Å². The van der Waals surface area contributed by atoms with Gasteiger partial charge in [0.05, 0.1) is 19.6 Å². The fraction of sp³-hybridized carbons (Fsp3) is 0.294. The normalized spacial score (nSPS) is 15.1. The Labute approximate surface area is 143 Å². The molecule has 0 aliphatic carbocycles. The largest absolute Gasteiger partial charge is 0.463 e. The molecule has 1 fully saturated rings. The first-order valence-corrected chi connectivity index (χ1v) is 7.86. The summed E-state index contributed by atoms with van der Waals surface area (Å²) in [5.74, 6) is 1.85. The van der Waals surface area contributed by atoms with Gasteiger partial charge in [-0.25, -0.2) is 4.79 Å². The van der Waals surface area contributed by atoms with E-state index in [0.717, 1.165) is 24.4 Å². The molecule has 1 aliphatic rings. The first-order valence-electron chi connectivity index (χ1n) is 7.86. The zero-order valence-electron chi connectivity index (χ0n) is 13.6. The summed E-state index contributed by atoms with van der Waals surface area (Å²) in [7, 11) is 1.33. The summed E-state index contributed by atoms with van der Waals surface area (Å²) in [5.41, 5.74) is 0.833. The second-order valence-electron chi connectivity index (χ2n) is 5.85. The molecule has 0 amide bonds. The van der Waals surface area contributed by atoms with E-state index in [0.29, 0.717) is 18.3 Å². The molecule has 0 aromatic carbocycles. The van der Waals surface area contributed by atoms with Crippen LogP contribution in [0.4, 0.5) is 0 Å². The fourth-order valence-corrected chi connectivity index (χ4v) is 2.76. The molecule has 1 saturated heterocycles. The molecule has 0 spiro atoms. The Kier molecular flexibility index (Phi) is 4.02. The lowest BCUT2D eigenvalue weighted by Gasteiger charge is -2.36. The monoisotopic (exact) mass is 340 g/mol. The lowest BCUT2D eigenvalue weighted by molar-refractivity contribution is 0.0556. The van der Waals surface area contributed by atoms with E-state index in [9.17, 15) is 4.79 Å². The number of carbonyl (C=O) groups is 1. The van der Waals surface area contributed by atoms with Crippen molar-refractivity contribution in [3.05, 3.63) is 54.1 Å². The fourth-order valence-electron chi connectivity index (χ4n) is 2.76. The van der Waals surface area contributed by atoms with E-state index in [2.05, 4.69) is 24.8 Å². The van der Waals surface area contributed by atoms with Crippen LogP contribution in [0.3, 0.4) is 0 Å². The molecule has 8 nitrogen and oxygen atoms in total. The molecule has 3 aromatic rings. The highest BCUT2D eigenvalue weighted by Gasteiger charge is 2.33. The van der Waals surface area contributed by atoms with Crippen molar-refractivity contribution < 1.29 is 18.5 Å². The van der Waals surface area contributed by atoms with Gasteiger partial charge in [-0.15, -0.1) is 0 Å². The van der Waals surface area contributed by atoms with Gasteiger partial charge in [-0.05, 0) is 24.3 Å². The van der Waals surface area contributed by atoms with Crippen molar-refractivity contribution in [2.24, 2.45) is 0 Å². The van der Waals surface area contributed by atoms with Crippen molar-refractivity contribution >= 4 is 5.97 Å². The van der Waals surface area contributed by atoms with Crippen LogP contribution in [0.1, 0.15) is 28.1 Å². The number of esters is 1. The zero-order chi connectivity index (χ0) is 17.2. The number of hydrogen-bond donors (Lipinski definition) is 0. The standard InChI is InChI=1S/C17H16N4O4/c1-23-17(22)14-5-4-13(24-14)10-21-8-12(9-21)16-19-15(20-25-16)11-3-2-6-18-7-11/h2-7,12H,8-10H2,1H3. The van der Waals surface area contributed by atoms with Crippen molar-refractivity contribution in [2.75, 3.05) is 20.2 Å². The summed E-state index contributed by atoms with van der Waals surface area (Å²) in [6, 6.07) is 7.14. The van der Waals surface area contributed by atoms with Crippen molar-refractivity contribution in [3.63, 3.8) is 0 Å². The van der Waals surface area contributed by atoms with Gasteiger partial charge < -0.3 is 13.7 Å². The molecule has 0 N–H and O–H groups in total. The van der Waals surface area contributed by atoms with Crippen molar-refractivity contribution in [1.29, 1.82) is 0 Å². The number of pyridine rings is 1. The van der Waals surface area contributed by atoms with Crippen LogP contribution in [0.15, 0.2) is 45.6 Å². The molecular formula is C17H16N4O4. The summed E-state index contributed by atoms with van der Waals surface area (Å²) in [6.45, 7) is 2.21. The quantitative estimate of drug-likeness (QED) is 0.652. The number of hydrogen-bond acceptors (Lipinski definition) is 8. The Balaban J connectivity index is 1.34. The molecule has 4 rings (SSSR count). The average Bonchev–Trinajstić information content (AvgIpc) is 3.27. The third-order valence-corrected chi connectivity index (χ3v) is 4.10. The van der Waals surface area contributed by atoms with Crippen LogP contribution in [0, 0.1) is 0 Å². The summed E-state index contributed by atoms with van der Waals surface area (Å²) in [6.07, 6.45) is 3.41.